The van der Waals surface area contributed by atoms with Crippen LogP contribution >= 0.6 is 0 Å². The van der Waals surface area contributed by atoms with Crippen molar-refractivity contribution in [3.05, 3.63) is 84.2 Å². The monoisotopic (exact) mass is 362 g/mol. The van der Waals surface area contributed by atoms with Gasteiger partial charge >= 0.3 is 0 Å². The molecule has 138 valence electrons. The molecule has 0 saturated carbocycles. The third-order valence-electron chi connectivity index (χ3n) is 3.94. The summed E-state index contributed by atoms with van der Waals surface area (Å²) in [4.78, 5) is 15.8. The summed E-state index contributed by atoms with van der Waals surface area (Å²) in [6.07, 6.45) is 4.25. The first kappa shape index (κ1) is 18.5. The highest BCUT2D eigenvalue weighted by atomic mass is 16.5. The molecule has 2 aromatic carbocycles. The highest BCUT2D eigenvalue weighted by molar-refractivity contribution is 5.77. The van der Waals surface area contributed by atoms with Crippen molar-refractivity contribution in [3.63, 3.8) is 0 Å². The number of hydrogen-bond donors (Lipinski definition) is 1. The number of carbonyl (C=O) groups excluding carboxylic acids is 1. The zero-order chi connectivity index (χ0) is 18.9. The highest BCUT2D eigenvalue weighted by Crippen LogP contribution is 2.24. The van der Waals surface area contributed by atoms with Gasteiger partial charge in [0.1, 0.15) is 17.2 Å². The molecule has 0 atom stereocenters. The van der Waals surface area contributed by atoms with Crippen LogP contribution in [0.2, 0.25) is 0 Å². The van der Waals surface area contributed by atoms with Gasteiger partial charge in [0.2, 0.25) is 0 Å². The summed E-state index contributed by atoms with van der Waals surface area (Å²) in [5, 5.41) is 2.84. The summed E-state index contributed by atoms with van der Waals surface area (Å²) in [7, 11) is 0. The second-order valence-electron chi connectivity index (χ2n) is 6.13. The number of amides is 1. The number of aryl methyl sites for hydroxylation is 1. The van der Waals surface area contributed by atoms with Crippen LogP contribution in [0.25, 0.3) is 0 Å². The van der Waals surface area contributed by atoms with Crippen molar-refractivity contribution in [3.8, 4) is 17.2 Å². The molecule has 0 bridgehead atoms. The lowest BCUT2D eigenvalue weighted by Crippen LogP contribution is -2.30. The quantitative estimate of drug-likeness (QED) is 0.660. The van der Waals surface area contributed by atoms with Crippen LogP contribution in [0, 0.1) is 6.92 Å². The van der Waals surface area contributed by atoms with E-state index in [-0.39, 0.29) is 12.5 Å². The van der Waals surface area contributed by atoms with Gasteiger partial charge in [0.25, 0.3) is 5.91 Å². The molecule has 1 amide bonds. The van der Waals surface area contributed by atoms with E-state index in [0.717, 1.165) is 17.7 Å². The Kier molecular flexibility index (Phi) is 6.41. The summed E-state index contributed by atoms with van der Waals surface area (Å²) in [6.45, 7) is 2.58. The normalized spacial score (nSPS) is 10.3. The number of nitrogens with one attached hydrogen (secondary N) is 1. The average molecular weight is 362 g/mol. The van der Waals surface area contributed by atoms with Crippen molar-refractivity contribution in [1.82, 2.24) is 10.3 Å². The van der Waals surface area contributed by atoms with Crippen LogP contribution in [-0.2, 0) is 11.2 Å². The van der Waals surface area contributed by atoms with Gasteiger partial charge in [-0.05, 0) is 67.4 Å². The van der Waals surface area contributed by atoms with E-state index in [1.54, 1.807) is 24.5 Å². The maximum Gasteiger partial charge on any atom is 0.257 e. The predicted molar refractivity (Wildman–Crippen MR) is 104 cm³/mol. The molecule has 27 heavy (non-hydrogen) atoms. The van der Waals surface area contributed by atoms with Crippen molar-refractivity contribution in [2.24, 2.45) is 0 Å². The highest BCUT2D eigenvalue weighted by Gasteiger charge is 2.04. The minimum Gasteiger partial charge on any atom is -0.484 e. The number of hydrogen-bond acceptors (Lipinski definition) is 4. The Morgan fingerprint density at radius 2 is 1.48 bits per heavy atom. The van der Waals surface area contributed by atoms with E-state index in [1.165, 1.54) is 5.56 Å². The Balaban J connectivity index is 1.40. The minimum atomic E-state index is -0.149. The van der Waals surface area contributed by atoms with E-state index < -0.39 is 0 Å². The Morgan fingerprint density at radius 3 is 2.15 bits per heavy atom. The van der Waals surface area contributed by atoms with Crippen molar-refractivity contribution < 1.29 is 14.3 Å². The van der Waals surface area contributed by atoms with Crippen LogP contribution in [0.5, 0.6) is 17.2 Å². The summed E-state index contributed by atoms with van der Waals surface area (Å²) in [6, 6.07) is 18.9. The molecule has 0 spiro atoms. The Bertz CT molecular complexity index is 847. The molecule has 3 rings (SSSR count). The number of aromatic nitrogens is 1. The lowest BCUT2D eigenvalue weighted by Gasteiger charge is -2.09. The first-order chi connectivity index (χ1) is 13.2. The second kappa shape index (κ2) is 9.38. The Hall–Kier alpha value is -3.34. The number of rotatable bonds is 8. The van der Waals surface area contributed by atoms with Gasteiger partial charge in [-0.15, -0.1) is 0 Å². The number of benzene rings is 2. The molecule has 0 saturated heterocycles. The molecule has 0 unspecified atom stereocenters. The fourth-order valence-corrected chi connectivity index (χ4v) is 2.44. The van der Waals surface area contributed by atoms with Crippen molar-refractivity contribution in [2.45, 2.75) is 13.3 Å². The standard InChI is InChI=1S/C22H22N2O3/c1-17-2-4-20(5-3-17)27-21-8-6-19(7-9-21)26-16-22(25)24-15-12-18-10-13-23-14-11-18/h2-11,13-14H,12,15-16H2,1H3,(H,24,25). The summed E-state index contributed by atoms with van der Waals surface area (Å²) >= 11 is 0. The van der Waals surface area contributed by atoms with Crippen molar-refractivity contribution in [1.29, 1.82) is 0 Å². The van der Waals surface area contributed by atoms with Gasteiger partial charge in [-0.1, -0.05) is 17.7 Å². The zero-order valence-corrected chi connectivity index (χ0v) is 15.2. The van der Waals surface area contributed by atoms with Crippen LogP contribution in [0.4, 0.5) is 0 Å². The molecule has 0 fully saturated rings. The molecule has 5 heteroatoms. The summed E-state index contributed by atoms with van der Waals surface area (Å²) < 4.78 is 11.3. The van der Waals surface area contributed by atoms with Gasteiger partial charge in [-0.2, -0.15) is 0 Å². The number of nitrogens with zero attached hydrogens (tertiary/aromatic N) is 1. The number of ether oxygens (including phenoxy) is 2. The lowest BCUT2D eigenvalue weighted by molar-refractivity contribution is -0.123. The second-order valence-corrected chi connectivity index (χ2v) is 6.13. The molecule has 0 radical (unpaired) electrons. The third-order valence-corrected chi connectivity index (χ3v) is 3.94. The van der Waals surface area contributed by atoms with Gasteiger partial charge in [0, 0.05) is 18.9 Å². The Morgan fingerprint density at radius 1 is 0.889 bits per heavy atom. The molecule has 1 N–H and O–H groups in total. The predicted octanol–water partition coefficient (Wildman–Crippen LogP) is 3.92. The first-order valence-corrected chi connectivity index (χ1v) is 8.82. The third kappa shape index (κ3) is 6.15. The van der Waals surface area contributed by atoms with Gasteiger partial charge in [-0.3, -0.25) is 9.78 Å². The van der Waals surface area contributed by atoms with Crippen molar-refractivity contribution in [2.75, 3.05) is 13.2 Å². The van der Waals surface area contributed by atoms with Crippen LogP contribution < -0.4 is 14.8 Å². The molecule has 3 aromatic rings. The first-order valence-electron chi connectivity index (χ1n) is 8.82. The minimum absolute atomic E-state index is 0.0193. The largest absolute Gasteiger partial charge is 0.484 e. The van der Waals surface area contributed by atoms with E-state index in [1.807, 2.05) is 55.5 Å². The van der Waals surface area contributed by atoms with E-state index in [2.05, 4.69) is 10.3 Å². The van der Waals surface area contributed by atoms with E-state index in [9.17, 15) is 4.79 Å². The molecule has 0 aliphatic rings. The van der Waals surface area contributed by atoms with E-state index in [4.69, 9.17) is 9.47 Å². The van der Waals surface area contributed by atoms with Gasteiger partial charge in [-0.25, -0.2) is 0 Å². The lowest BCUT2D eigenvalue weighted by atomic mass is 10.2. The molecular weight excluding hydrogens is 340 g/mol. The maximum atomic E-state index is 11.9. The summed E-state index contributed by atoms with van der Waals surface area (Å²) in [5.41, 5.74) is 2.32. The zero-order valence-electron chi connectivity index (χ0n) is 15.2. The molecule has 1 heterocycles. The molecule has 0 aliphatic heterocycles. The average Bonchev–Trinajstić information content (AvgIpc) is 2.70. The van der Waals surface area contributed by atoms with Gasteiger partial charge in [0.05, 0.1) is 0 Å². The van der Waals surface area contributed by atoms with Gasteiger partial charge in [0.15, 0.2) is 6.61 Å². The van der Waals surface area contributed by atoms with E-state index >= 15 is 0 Å². The SMILES string of the molecule is Cc1ccc(Oc2ccc(OCC(=O)NCCc3ccncc3)cc2)cc1. The summed E-state index contributed by atoms with van der Waals surface area (Å²) in [5.74, 6) is 1.97. The van der Waals surface area contributed by atoms with E-state index in [0.29, 0.717) is 18.0 Å². The number of carbonyl (C=O) groups is 1. The maximum absolute atomic E-state index is 11.9. The van der Waals surface area contributed by atoms with Crippen LogP contribution in [0.1, 0.15) is 11.1 Å². The fraction of sp³-hybridized carbons (Fsp3) is 0.182. The molecule has 1 aromatic heterocycles. The van der Waals surface area contributed by atoms with Crippen molar-refractivity contribution >= 4 is 5.91 Å². The molecule has 0 aliphatic carbocycles. The van der Waals surface area contributed by atoms with Crippen LogP contribution in [0.15, 0.2) is 73.1 Å². The fourth-order valence-electron chi connectivity index (χ4n) is 2.44. The van der Waals surface area contributed by atoms with Crippen LogP contribution in [0.3, 0.4) is 0 Å². The smallest absolute Gasteiger partial charge is 0.257 e. The van der Waals surface area contributed by atoms with Gasteiger partial charge < -0.3 is 14.8 Å². The molecular formula is C22H22N2O3. The Labute approximate surface area is 159 Å². The van der Waals surface area contributed by atoms with Crippen LogP contribution in [-0.4, -0.2) is 24.0 Å². The number of pyridine rings is 1. The topological polar surface area (TPSA) is 60.5 Å². The molecule has 5 nitrogen and oxygen atoms in total.